The van der Waals surface area contributed by atoms with Crippen molar-refractivity contribution in [2.75, 3.05) is 11.4 Å². The first kappa shape index (κ1) is 14.2. The molecule has 1 aliphatic heterocycles. The SMILES string of the molecule is O=C1C[C@@H](NS(=O)(=O)c2cccs2)CN1c1ccccc1. The van der Waals surface area contributed by atoms with Crippen LogP contribution in [0.4, 0.5) is 5.69 Å². The van der Waals surface area contributed by atoms with Crippen LogP contribution in [-0.4, -0.2) is 26.9 Å². The Hall–Kier alpha value is -1.70. The minimum absolute atomic E-state index is 0.0694. The van der Waals surface area contributed by atoms with E-state index in [4.69, 9.17) is 0 Å². The monoisotopic (exact) mass is 322 g/mol. The molecule has 21 heavy (non-hydrogen) atoms. The van der Waals surface area contributed by atoms with Gasteiger partial charge in [0.15, 0.2) is 0 Å². The van der Waals surface area contributed by atoms with Crippen LogP contribution in [0.2, 0.25) is 0 Å². The Kier molecular flexibility index (Phi) is 3.79. The van der Waals surface area contributed by atoms with E-state index in [1.54, 1.807) is 22.4 Å². The fourth-order valence-electron chi connectivity index (χ4n) is 2.34. The van der Waals surface area contributed by atoms with E-state index in [2.05, 4.69) is 4.72 Å². The maximum atomic E-state index is 12.2. The summed E-state index contributed by atoms with van der Waals surface area (Å²) in [6.45, 7) is 0.355. The fourth-order valence-corrected chi connectivity index (χ4v) is 4.57. The van der Waals surface area contributed by atoms with Gasteiger partial charge in [-0.15, -0.1) is 11.3 Å². The number of nitrogens with one attached hydrogen (secondary N) is 1. The number of sulfonamides is 1. The highest BCUT2D eigenvalue weighted by Gasteiger charge is 2.33. The second-order valence-electron chi connectivity index (χ2n) is 4.79. The number of nitrogens with zero attached hydrogens (tertiary/aromatic N) is 1. The smallest absolute Gasteiger partial charge is 0.250 e. The molecule has 1 N–H and O–H groups in total. The molecule has 1 amide bonds. The zero-order chi connectivity index (χ0) is 14.9. The molecule has 1 aromatic heterocycles. The van der Waals surface area contributed by atoms with Gasteiger partial charge in [0, 0.05) is 24.7 Å². The largest absolute Gasteiger partial charge is 0.311 e. The molecule has 0 spiro atoms. The Bertz CT molecular complexity index is 727. The first-order chi connectivity index (χ1) is 10.1. The third-order valence-corrected chi connectivity index (χ3v) is 6.19. The molecular formula is C14H14N2O3S2. The van der Waals surface area contributed by atoms with E-state index in [-0.39, 0.29) is 16.5 Å². The molecule has 1 fully saturated rings. The van der Waals surface area contributed by atoms with Gasteiger partial charge in [0.2, 0.25) is 15.9 Å². The third-order valence-electron chi connectivity index (χ3n) is 3.27. The number of rotatable bonds is 4. The van der Waals surface area contributed by atoms with Gasteiger partial charge in [0.05, 0.1) is 0 Å². The van der Waals surface area contributed by atoms with Gasteiger partial charge >= 0.3 is 0 Å². The molecule has 0 bridgehead atoms. The van der Waals surface area contributed by atoms with E-state index in [0.29, 0.717) is 6.54 Å². The molecule has 110 valence electrons. The summed E-state index contributed by atoms with van der Waals surface area (Å²) in [5.41, 5.74) is 0.792. The van der Waals surface area contributed by atoms with Crippen LogP contribution in [0.5, 0.6) is 0 Å². The molecule has 2 heterocycles. The first-order valence-corrected chi connectivity index (χ1v) is 8.84. The molecule has 0 unspecified atom stereocenters. The molecule has 0 aliphatic carbocycles. The van der Waals surface area contributed by atoms with Crippen LogP contribution >= 0.6 is 11.3 Å². The highest BCUT2D eigenvalue weighted by atomic mass is 32.2. The number of thiophene rings is 1. The standard InChI is InChI=1S/C14H14N2O3S2/c17-13-9-11(10-16(13)12-5-2-1-3-6-12)15-21(18,19)14-7-4-8-20-14/h1-8,11,15H,9-10H2/t11-/m1/s1. The zero-order valence-corrected chi connectivity index (χ0v) is 12.7. The Morgan fingerprint density at radius 3 is 2.57 bits per heavy atom. The maximum Gasteiger partial charge on any atom is 0.250 e. The van der Waals surface area contributed by atoms with Crippen LogP contribution in [0.1, 0.15) is 6.42 Å². The fraction of sp³-hybridized carbons (Fsp3) is 0.214. The van der Waals surface area contributed by atoms with Gasteiger partial charge in [0.1, 0.15) is 4.21 Å². The Morgan fingerprint density at radius 2 is 1.90 bits per heavy atom. The van der Waals surface area contributed by atoms with Crippen LogP contribution in [0.25, 0.3) is 0 Å². The van der Waals surface area contributed by atoms with E-state index in [1.165, 1.54) is 0 Å². The van der Waals surface area contributed by atoms with E-state index < -0.39 is 16.1 Å². The van der Waals surface area contributed by atoms with Crippen molar-refractivity contribution >= 4 is 33.0 Å². The van der Waals surface area contributed by atoms with E-state index >= 15 is 0 Å². The molecular weight excluding hydrogens is 308 g/mol. The van der Waals surface area contributed by atoms with Crippen LogP contribution < -0.4 is 9.62 Å². The Morgan fingerprint density at radius 1 is 1.14 bits per heavy atom. The molecule has 1 aromatic carbocycles. The van der Waals surface area contributed by atoms with Crippen LogP contribution in [-0.2, 0) is 14.8 Å². The number of benzene rings is 1. The Balaban J connectivity index is 1.74. The van der Waals surface area contributed by atoms with Crippen molar-refractivity contribution in [1.29, 1.82) is 0 Å². The predicted molar refractivity (Wildman–Crippen MR) is 81.8 cm³/mol. The van der Waals surface area contributed by atoms with Crippen molar-refractivity contribution in [3.05, 3.63) is 47.8 Å². The third kappa shape index (κ3) is 2.99. The number of hydrogen-bond acceptors (Lipinski definition) is 4. The molecule has 0 radical (unpaired) electrons. The summed E-state index contributed by atoms with van der Waals surface area (Å²) in [4.78, 5) is 13.7. The minimum atomic E-state index is -3.54. The number of hydrogen-bond donors (Lipinski definition) is 1. The lowest BCUT2D eigenvalue weighted by atomic mass is 10.3. The average molecular weight is 322 g/mol. The topological polar surface area (TPSA) is 66.5 Å². The minimum Gasteiger partial charge on any atom is -0.311 e. The molecule has 7 heteroatoms. The van der Waals surface area contributed by atoms with Crippen molar-refractivity contribution in [2.24, 2.45) is 0 Å². The van der Waals surface area contributed by atoms with Gasteiger partial charge in [-0.1, -0.05) is 24.3 Å². The summed E-state index contributed by atoms with van der Waals surface area (Å²) in [7, 11) is -3.54. The highest BCUT2D eigenvalue weighted by Crippen LogP contribution is 2.23. The molecule has 0 saturated carbocycles. The van der Waals surface area contributed by atoms with Gasteiger partial charge in [-0.2, -0.15) is 0 Å². The van der Waals surface area contributed by atoms with Crippen molar-refractivity contribution in [2.45, 2.75) is 16.7 Å². The number of carbonyl (C=O) groups excluding carboxylic acids is 1. The van der Waals surface area contributed by atoms with Gasteiger partial charge in [-0.05, 0) is 23.6 Å². The zero-order valence-electron chi connectivity index (χ0n) is 11.1. The van der Waals surface area contributed by atoms with Gasteiger partial charge in [-0.25, -0.2) is 13.1 Å². The summed E-state index contributed by atoms with van der Waals surface area (Å²) in [6, 6.07) is 12.1. The van der Waals surface area contributed by atoms with Crippen LogP contribution in [0, 0.1) is 0 Å². The van der Waals surface area contributed by atoms with Crippen molar-refractivity contribution < 1.29 is 13.2 Å². The van der Waals surface area contributed by atoms with Crippen molar-refractivity contribution in [3.63, 3.8) is 0 Å². The highest BCUT2D eigenvalue weighted by molar-refractivity contribution is 7.91. The van der Waals surface area contributed by atoms with E-state index in [9.17, 15) is 13.2 Å². The van der Waals surface area contributed by atoms with E-state index in [1.807, 2.05) is 30.3 Å². The molecule has 1 saturated heterocycles. The summed E-state index contributed by atoms with van der Waals surface area (Å²) < 4.78 is 27.2. The van der Waals surface area contributed by atoms with Crippen molar-refractivity contribution in [3.8, 4) is 0 Å². The maximum absolute atomic E-state index is 12.2. The predicted octanol–water partition coefficient (Wildman–Crippen LogP) is 1.83. The number of anilines is 1. The van der Waals surface area contributed by atoms with Gasteiger partial charge in [0.25, 0.3) is 0 Å². The van der Waals surface area contributed by atoms with E-state index in [0.717, 1.165) is 17.0 Å². The normalized spacial score (nSPS) is 19.1. The van der Waals surface area contributed by atoms with Gasteiger partial charge < -0.3 is 4.90 Å². The lowest BCUT2D eigenvalue weighted by Gasteiger charge is -2.16. The van der Waals surface area contributed by atoms with Crippen molar-refractivity contribution in [1.82, 2.24) is 4.72 Å². The summed E-state index contributed by atoms with van der Waals surface area (Å²) >= 11 is 1.16. The number of carbonyl (C=O) groups is 1. The lowest BCUT2D eigenvalue weighted by molar-refractivity contribution is -0.117. The van der Waals surface area contributed by atoms with Crippen LogP contribution in [0.3, 0.4) is 0 Å². The Labute approximate surface area is 127 Å². The summed E-state index contributed by atoms with van der Waals surface area (Å²) in [5, 5.41) is 1.71. The average Bonchev–Trinajstić information content (AvgIpc) is 3.09. The molecule has 2 aromatic rings. The molecule has 3 rings (SSSR count). The summed E-state index contributed by atoms with van der Waals surface area (Å²) in [6.07, 6.45) is 0.180. The molecule has 1 atom stereocenters. The van der Waals surface area contributed by atoms with Crippen LogP contribution in [0.15, 0.2) is 52.1 Å². The molecule has 1 aliphatic rings. The summed E-state index contributed by atoms with van der Waals surface area (Å²) in [5.74, 6) is -0.0694. The first-order valence-electron chi connectivity index (χ1n) is 6.47. The number of para-hydroxylation sites is 1. The quantitative estimate of drug-likeness (QED) is 0.934. The lowest BCUT2D eigenvalue weighted by Crippen LogP contribution is -2.36. The second kappa shape index (κ2) is 5.59. The second-order valence-corrected chi connectivity index (χ2v) is 7.68. The molecule has 5 nitrogen and oxygen atoms in total. The number of amides is 1. The van der Waals surface area contributed by atoms with Gasteiger partial charge in [-0.3, -0.25) is 4.79 Å².